The number of hydrogen-bond donors (Lipinski definition) is 0. The number of rotatable bonds is 4. The van der Waals surface area contributed by atoms with Crippen molar-refractivity contribution in [2.24, 2.45) is 7.05 Å². The van der Waals surface area contributed by atoms with Crippen molar-refractivity contribution < 1.29 is 0 Å². The zero-order chi connectivity index (χ0) is 13.9. The van der Waals surface area contributed by atoms with Crippen LogP contribution < -0.4 is 0 Å². The molecule has 0 saturated carbocycles. The molecule has 2 aromatic heterocycles. The van der Waals surface area contributed by atoms with Gasteiger partial charge in [0.2, 0.25) is 0 Å². The summed E-state index contributed by atoms with van der Waals surface area (Å²) >= 11 is 2.31. The lowest BCUT2D eigenvalue weighted by molar-refractivity contribution is 0.655. The van der Waals surface area contributed by atoms with Crippen molar-refractivity contribution in [3.05, 3.63) is 58.4 Å². The van der Waals surface area contributed by atoms with Gasteiger partial charge in [0, 0.05) is 53.9 Å². The summed E-state index contributed by atoms with van der Waals surface area (Å²) in [6, 6.07) is 8.43. The van der Waals surface area contributed by atoms with Gasteiger partial charge >= 0.3 is 0 Å². The lowest BCUT2D eigenvalue weighted by Crippen LogP contribution is -2.06. The summed E-state index contributed by atoms with van der Waals surface area (Å²) in [6.07, 6.45) is 8.59. The number of halogens is 1. The predicted molar refractivity (Wildman–Crippen MR) is 87.3 cm³/mol. The van der Waals surface area contributed by atoms with Crippen molar-refractivity contribution in [3.63, 3.8) is 0 Å². The zero-order valence-electron chi connectivity index (χ0n) is 11.2. The van der Waals surface area contributed by atoms with Crippen LogP contribution in [0.4, 0.5) is 0 Å². The molecule has 0 N–H and O–H groups in total. The molecule has 0 aliphatic heterocycles. The minimum Gasteiger partial charge on any atom is -0.338 e. The molecule has 0 atom stereocenters. The van der Waals surface area contributed by atoms with E-state index in [0.717, 1.165) is 30.2 Å². The highest BCUT2D eigenvalue weighted by Crippen LogP contribution is 2.19. The number of aryl methyl sites for hydroxylation is 3. The van der Waals surface area contributed by atoms with E-state index in [-0.39, 0.29) is 0 Å². The maximum Gasteiger partial charge on any atom is 0.139 e. The molecule has 0 unspecified atom stereocenters. The number of hydrogen-bond acceptors (Lipinski definition) is 2. The Bertz CT molecular complexity index is 697. The van der Waals surface area contributed by atoms with Crippen LogP contribution in [0, 0.1) is 3.57 Å². The van der Waals surface area contributed by atoms with Gasteiger partial charge in [0.25, 0.3) is 0 Å². The molecule has 0 aliphatic rings. The molecule has 20 heavy (non-hydrogen) atoms. The van der Waals surface area contributed by atoms with Gasteiger partial charge < -0.3 is 9.13 Å². The van der Waals surface area contributed by atoms with Crippen LogP contribution in [0.5, 0.6) is 0 Å². The maximum absolute atomic E-state index is 4.47. The Morgan fingerprint density at radius 3 is 2.50 bits per heavy atom. The van der Waals surface area contributed by atoms with Gasteiger partial charge in [0.05, 0.1) is 0 Å². The first-order chi connectivity index (χ1) is 9.74. The van der Waals surface area contributed by atoms with Crippen molar-refractivity contribution in [2.45, 2.75) is 13.0 Å². The fourth-order valence-electron chi connectivity index (χ4n) is 2.21. The molecule has 0 amide bonds. The second kappa shape index (κ2) is 5.78. The fraction of sp³-hybridized carbons (Fsp3) is 0.200. The van der Waals surface area contributed by atoms with Crippen LogP contribution >= 0.6 is 22.6 Å². The minimum absolute atomic E-state index is 0.881. The molecule has 0 bridgehead atoms. The van der Waals surface area contributed by atoms with Crippen molar-refractivity contribution in [3.8, 4) is 11.4 Å². The van der Waals surface area contributed by atoms with E-state index >= 15 is 0 Å². The Morgan fingerprint density at radius 1 is 1.05 bits per heavy atom. The van der Waals surface area contributed by atoms with Gasteiger partial charge in [-0.2, -0.15) is 0 Å². The van der Waals surface area contributed by atoms with Gasteiger partial charge in [0.1, 0.15) is 11.6 Å². The predicted octanol–water partition coefficient (Wildman–Crippen LogP) is 3.13. The molecule has 0 aliphatic carbocycles. The molecule has 0 spiro atoms. The van der Waals surface area contributed by atoms with Crippen LogP contribution in [0.2, 0.25) is 0 Å². The van der Waals surface area contributed by atoms with E-state index in [0.29, 0.717) is 0 Å². The van der Waals surface area contributed by atoms with E-state index in [1.165, 1.54) is 3.57 Å². The van der Waals surface area contributed by atoms with Crippen LogP contribution in [0.1, 0.15) is 5.82 Å². The summed E-state index contributed by atoms with van der Waals surface area (Å²) in [5.41, 5.74) is 1.15. The quantitative estimate of drug-likeness (QED) is 0.654. The molecule has 4 nitrogen and oxygen atoms in total. The Morgan fingerprint density at radius 2 is 1.80 bits per heavy atom. The van der Waals surface area contributed by atoms with E-state index < -0.39 is 0 Å². The summed E-state index contributed by atoms with van der Waals surface area (Å²) in [7, 11) is 2.02. The van der Waals surface area contributed by atoms with E-state index in [1.54, 1.807) is 0 Å². The second-order valence-corrected chi connectivity index (χ2v) is 5.90. The Balaban J connectivity index is 1.80. The highest BCUT2D eigenvalue weighted by atomic mass is 127. The molecule has 1 aromatic carbocycles. The van der Waals surface area contributed by atoms with Crippen molar-refractivity contribution in [1.82, 2.24) is 19.1 Å². The molecule has 0 radical (unpaired) electrons. The normalized spacial score (nSPS) is 10.9. The molecule has 3 aromatic rings. The first-order valence-electron chi connectivity index (χ1n) is 6.47. The van der Waals surface area contributed by atoms with Crippen molar-refractivity contribution in [1.29, 1.82) is 0 Å². The van der Waals surface area contributed by atoms with Crippen molar-refractivity contribution >= 4 is 22.6 Å². The van der Waals surface area contributed by atoms with Crippen LogP contribution in [0.3, 0.4) is 0 Å². The SMILES string of the molecule is Cn1ccnc1CCn1ccnc1-c1ccc(I)cc1. The number of benzene rings is 1. The highest BCUT2D eigenvalue weighted by Gasteiger charge is 2.07. The highest BCUT2D eigenvalue weighted by molar-refractivity contribution is 14.1. The monoisotopic (exact) mass is 378 g/mol. The fourth-order valence-corrected chi connectivity index (χ4v) is 2.57. The minimum atomic E-state index is 0.881. The van der Waals surface area contributed by atoms with E-state index in [4.69, 9.17) is 0 Å². The lowest BCUT2D eigenvalue weighted by Gasteiger charge is -2.08. The van der Waals surface area contributed by atoms with Crippen LogP contribution in [-0.2, 0) is 20.0 Å². The third-order valence-corrected chi connectivity index (χ3v) is 4.03. The topological polar surface area (TPSA) is 35.6 Å². The van der Waals surface area contributed by atoms with Crippen LogP contribution in [0.15, 0.2) is 49.1 Å². The molecule has 0 saturated heterocycles. The molecule has 3 rings (SSSR count). The Hall–Kier alpha value is -1.63. The lowest BCUT2D eigenvalue weighted by atomic mass is 10.2. The zero-order valence-corrected chi connectivity index (χ0v) is 13.4. The van der Waals surface area contributed by atoms with Gasteiger partial charge in [-0.1, -0.05) is 12.1 Å². The summed E-state index contributed by atoms with van der Waals surface area (Å²) in [6.45, 7) is 0.881. The molecule has 2 heterocycles. The molecular formula is C15H15IN4. The van der Waals surface area contributed by atoms with Crippen molar-refractivity contribution in [2.75, 3.05) is 0 Å². The average molecular weight is 378 g/mol. The summed E-state index contributed by atoms with van der Waals surface area (Å²) < 4.78 is 5.47. The molecular weight excluding hydrogens is 363 g/mol. The molecule has 5 heteroatoms. The maximum atomic E-state index is 4.47. The molecule has 102 valence electrons. The van der Waals surface area contributed by atoms with Gasteiger partial charge in [0.15, 0.2) is 0 Å². The third-order valence-electron chi connectivity index (χ3n) is 3.32. The first kappa shape index (κ1) is 13.4. The van der Waals surface area contributed by atoms with E-state index in [9.17, 15) is 0 Å². The van der Waals surface area contributed by atoms with Gasteiger partial charge in [-0.05, 0) is 34.7 Å². The average Bonchev–Trinajstić information content (AvgIpc) is 3.06. The number of imidazole rings is 2. The van der Waals surface area contributed by atoms with E-state index in [2.05, 4.69) is 66.0 Å². The molecule has 0 fully saturated rings. The summed E-state index contributed by atoms with van der Waals surface area (Å²) in [5.74, 6) is 2.10. The van der Waals surface area contributed by atoms with Crippen LogP contribution in [0.25, 0.3) is 11.4 Å². The largest absolute Gasteiger partial charge is 0.338 e. The summed E-state index contributed by atoms with van der Waals surface area (Å²) in [4.78, 5) is 8.83. The smallest absolute Gasteiger partial charge is 0.139 e. The van der Waals surface area contributed by atoms with E-state index in [1.807, 2.05) is 31.8 Å². The Labute approximate surface area is 131 Å². The van der Waals surface area contributed by atoms with Crippen LogP contribution in [-0.4, -0.2) is 19.1 Å². The standard InChI is InChI=1S/C15H15IN4/c1-19-10-7-17-14(19)6-9-20-11-8-18-15(20)12-2-4-13(16)5-3-12/h2-5,7-8,10-11H,6,9H2,1H3. The van der Waals surface area contributed by atoms with Gasteiger partial charge in [-0.15, -0.1) is 0 Å². The second-order valence-electron chi connectivity index (χ2n) is 4.66. The third kappa shape index (κ3) is 2.77. The summed E-state index contributed by atoms with van der Waals surface area (Å²) in [5, 5.41) is 0. The van der Waals surface area contributed by atoms with Gasteiger partial charge in [-0.3, -0.25) is 0 Å². The number of nitrogens with zero attached hydrogens (tertiary/aromatic N) is 4. The van der Waals surface area contributed by atoms with Gasteiger partial charge in [-0.25, -0.2) is 9.97 Å². The Kier molecular flexibility index (Phi) is 3.86. The first-order valence-corrected chi connectivity index (χ1v) is 7.55. The number of aromatic nitrogens is 4.